The summed E-state index contributed by atoms with van der Waals surface area (Å²) in [5.74, 6) is 0.468. The molecule has 0 amide bonds. The number of dihydropyridines is 1. The van der Waals surface area contributed by atoms with Crippen molar-refractivity contribution in [2.75, 3.05) is 6.61 Å². The first-order valence-electron chi connectivity index (χ1n) is 5.96. The molecule has 0 saturated carbocycles. The lowest BCUT2D eigenvalue weighted by molar-refractivity contribution is 0.319. The molecular weight excluding hydrogens is 214 g/mol. The molecule has 90 valence electrons. The quantitative estimate of drug-likeness (QED) is 0.747. The summed E-state index contributed by atoms with van der Waals surface area (Å²) in [7, 11) is 0. The highest BCUT2D eigenvalue weighted by molar-refractivity contribution is 5.95. The standard InChI is InChI=1S/C13H17N3O/c1-3-5-6-11-7-8-13(9-14,10-15)16-12(11)17-4-2/h7H,3-6,8H2,1-2H3. The van der Waals surface area contributed by atoms with E-state index in [-0.39, 0.29) is 0 Å². The van der Waals surface area contributed by atoms with E-state index in [2.05, 4.69) is 11.9 Å². The minimum Gasteiger partial charge on any atom is -0.478 e. The van der Waals surface area contributed by atoms with E-state index in [1.54, 1.807) is 0 Å². The smallest absolute Gasteiger partial charge is 0.238 e. The molecule has 0 unspecified atom stereocenters. The zero-order valence-corrected chi connectivity index (χ0v) is 10.4. The van der Waals surface area contributed by atoms with Gasteiger partial charge in [0, 0.05) is 12.0 Å². The molecule has 4 heteroatoms. The van der Waals surface area contributed by atoms with Crippen LogP contribution in [-0.4, -0.2) is 18.0 Å². The zero-order valence-electron chi connectivity index (χ0n) is 10.4. The molecule has 0 radical (unpaired) electrons. The fourth-order valence-electron chi connectivity index (χ4n) is 1.65. The van der Waals surface area contributed by atoms with Crippen LogP contribution in [0.15, 0.2) is 16.6 Å². The summed E-state index contributed by atoms with van der Waals surface area (Å²) in [6, 6.07) is 3.92. The maximum atomic E-state index is 9.03. The second-order valence-electron chi connectivity index (χ2n) is 3.97. The van der Waals surface area contributed by atoms with Crippen molar-refractivity contribution in [2.45, 2.75) is 45.1 Å². The van der Waals surface area contributed by atoms with Gasteiger partial charge in [-0.1, -0.05) is 19.4 Å². The molecule has 0 aliphatic carbocycles. The second-order valence-corrected chi connectivity index (χ2v) is 3.97. The molecule has 0 bridgehead atoms. The largest absolute Gasteiger partial charge is 0.478 e. The van der Waals surface area contributed by atoms with Gasteiger partial charge in [0.2, 0.25) is 11.4 Å². The summed E-state index contributed by atoms with van der Waals surface area (Å²) >= 11 is 0. The monoisotopic (exact) mass is 231 g/mol. The van der Waals surface area contributed by atoms with Crippen molar-refractivity contribution >= 4 is 5.90 Å². The number of hydrogen-bond donors (Lipinski definition) is 0. The Bertz CT molecular complexity index is 395. The van der Waals surface area contributed by atoms with Crippen molar-refractivity contribution in [1.29, 1.82) is 10.5 Å². The topological polar surface area (TPSA) is 69.2 Å². The summed E-state index contributed by atoms with van der Waals surface area (Å²) in [5.41, 5.74) is -0.268. The number of rotatable bonds is 4. The lowest BCUT2D eigenvalue weighted by Crippen LogP contribution is -2.28. The van der Waals surface area contributed by atoms with Gasteiger partial charge in [0.15, 0.2) is 0 Å². The summed E-state index contributed by atoms with van der Waals surface area (Å²) in [5, 5.41) is 18.1. The summed E-state index contributed by atoms with van der Waals surface area (Å²) in [4.78, 5) is 4.18. The van der Waals surface area contributed by atoms with Crippen LogP contribution < -0.4 is 0 Å². The Kier molecular flexibility index (Phi) is 4.72. The van der Waals surface area contributed by atoms with E-state index in [0.717, 1.165) is 24.8 Å². The zero-order chi connectivity index (χ0) is 12.7. The lowest BCUT2D eigenvalue weighted by atomic mass is 9.93. The van der Waals surface area contributed by atoms with Crippen molar-refractivity contribution in [3.05, 3.63) is 11.6 Å². The van der Waals surface area contributed by atoms with Gasteiger partial charge in [-0.15, -0.1) is 0 Å². The van der Waals surface area contributed by atoms with Crippen LogP contribution in [0.4, 0.5) is 0 Å². The SMILES string of the molecule is CCCCC1=CCC(C#N)(C#N)N=C1OCC. The van der Waals surface area contributed by atoms with Gasteiger partial charge < -0.3 is 4.74 Å². The number of nitriles is 2. The highest BCUT2D eigenvalue weighted by Gasteiger charge is 2.33. The third-order valence-electron chi connectivity index (χ3n) is 2.66. The van der Waals surface area contributed by atoms with E-state index in [9.17, 15) is 0 Å². The average Bonchev–Trinajstić information content (AvgIpc) is 2.37. The second kappa shape index (κ2) is 6.06. The van der Waals surface area contributed by atoms with Crippen LogP contribution in [0.1, 0.15) is 39.5 Å². The van der Waals surface area contributed by atoms with Gasteiger partial charge >= 0.3 is 0 Å². The lowest BCUT2D eigenvalue weighted by Gasteiger charge is -2.21. The summed E-state index contributed by atoms with van der Waals surface area (Å²) in [6.07, 6.45) is 5.32. The van der Waals surface area contributed by atoms with E-state index in [1.807, 2.05) is 25.1 Å². The van der Waals surface area contributed by atoms with Crippen LogP contribution in [0, 0.1) is 22.7 Å². The molecule has 0 aromatic rings. The van der Waals surface area contributed by atoms with Gasteiger partial charge in [0.25, 0.3) is 0 Å². The van der Waals surface area contributed by atoms with Crippen LogP contribution in [0.25, 0.3) is 0 Å². The molecule has 0 saturated heterocycles. The Morgan fingerprint density at radius 1 is 1.41 bits per heavy atom. The van der Waals surface area contributed by atoms with Crippen molar-refractivity contribution in [3.63, 3.8) is 0 Å². The third kappa shape index (κ3) is 3.07. The molecule has 0 aromatic heterocycles. The maximum absolute atomic E-state index is 9.03. The number of unbranched alkanes of at least 4 members (excludes halogenated alkanes) is 1. The minimum absolute atomic E-state index is 0.357. The minimum atomic E-state index is -1.29. The van der Waals surface area contributed by atoms with Gasteiger partial charge in [-0.25, -0.2) is 4.99 Å². The molecule has 1 heterocycles. The van der Waals surface area contributed by atoms with Gasteiger partial charge in [-0.2, -0.15) is 10.5 Å². The van der Waals surface area contributed by atoms with Crippen LogP contribution in [0.5, 0.6) is 0 Å². The third-order valence-corrected chi connectivity index (χ3v) is 2.66. The van der Waals surface area contributed by atoms with Gasteiger partial charge in [-0.05, 0) is 19.8 Å². The molecule has 0 atom stereocenters. The summed E-state index contributed by atoms with van der Waals surface area (Å²) < 4.78 is 5.43. The first kappa shape index (κ1) is 13.3. The van der Waals surface area contributed by atoms with E-state index < -0.39 is 5.54 Å². The molecule has 1 rings (SSSR count). The molecule has 1 aliphatic heterocycles. The van der Waals surface area contributed by atoms with Crippen molar-refractivity contribution in [2.24, 2.45) is 4.99 Å². The van der Waals surface area contributed by atoms with Crippen LogP contribution in [-0.2, 0) is 4.74 Å². The number of aliphatic imine (C=N–C) groups is 1. The van der Waals surface area contributed by atoms with Crippen molar-refractivity contribution < 1.29 is 4.74 Å². The Balaban J connectivity index is 2.92. The fourth-order valence-corrected chi connectivity index (χ4v) is 1.65. The van der Waals surface area contributed by atoms with E-state index in [1.165, 1.54) is 0 Å². The molecule has 0 spiro atoms. The molecule has 0 fully saturated rings. The normalized spacial score (nSPS) is 17.4. The summed E-state index contributed by atoms with van der Waals surface area (Å²) in [6.45, 7) is 4.49. The molecule has 4 nitrogen and oxygen atoms in total. The molecule has 1 aliphatic rings. The number of hydrogen-bond acceptors (Lipinski definition) is 4. The molecular formula is C13H17N3O. The van der Waals surface area contributed by atoms with Crippen LogP contribution in [0.3, 0.4) is 0 Å². The van der Waals surface area contributed by atoms with Crippen LogP contribution in [0.2, 0.25) is 0 Å². The van der Waals surface area contributed by atoms with Gasteiger partial charge in [0.1, 0.15) is 12.1 Å². The van der Waals surface area contributed by atoms with Crippen LogP contribution >= 0.6 is 0 Å². The first-order valence-corrected chi connectivity index (χ1v) is 5.96. The highest BCUT2D eigenvalue weighted by Crippen LogP contribution is 2.26. The number of ether oxygens (including phenoxy) is 1. The van der Waals surface area contributed by atoms with Crippen molar-refractivity contribution in [3.8, 4) is 12.1 Å². The fraction of sp³-hybridized carbons (Fsp3) is 0.615. The molecule has 17 heavy (non-hydrogen) atoms. The molecule has 0 aromatic carbocycles. The molecule has 0 N–H and O–H groups in total. The Morgan fingerprint density at radius 3 is 2.65 bits per heavy atom. The van der Waals surface area contributed by atoms with E-state index in [4.69, 9.17) is 15.3 Å². The van der Waals surface area contributed by atoms with E-state index in [0.29, 0.717) is 18.9 Å². The average molecular weight is 231 g/mol. The van der Waals surface area contributed by atoms with Gasteiger partial charge in [-0.3, -0.25) is 0 Å². The van der Waals surface area contributed by atoms with Crippen molar-refractivity contribution in [1.82, 2.24) is 0 Å². The van der Waals surface area contributed by atoms with E-state index >= 15 is 0 Å². The Hall–Kier alpha value is -1.81. The Labute approximate surface area is 102 Å². The number of nitrogens with zero attached hydrogens (tertiary/aromatic N) is 3. The highest BCUT2D eigenvalue weighted by atomic mass is 16.5. The first-order chi connectivity index (χ1) is 8.21. The maximum Gasteiger partial charge on any atom is 0.238 e. The van der Waals surface area contributed by atoms with Gasteiger partial charge in [0.05, 0.1) is 6.61 Å². The predicted octanol–water partition coefficient (Wildman–Crippen LogP) is 2.73. The Morgan fingerprint density at radius 2 is 2.12 bits per heavy atom. The predicted molar refractivity (Wildman–Crippen MR) is 65.2 cm³/mol.